The number of hydrogen-bond donors (Lipinski definition) is 1. The molecule has 1 aromatic rings. The molecule has 2 heterocycles. The Morgan fingerprint density at radius 1 is 1.47 bits per heavy atom. The van der Waals surface area contributed by atoms with Gasteiger partial charge in [-0.2, -0.15) is 0 Å². The van der Waals surface area contributed by atoms with Crippen molar-refractivity contribution in [3.8, 4) is 0 Å². The average molecular weight is 252 g/mol. The van der Waals surface area contributed by atoms with E-state index in [-0.39, 0.29) is 0 Å². The molecule has 0 aromatic carbocycles. The van der Waals surface area contributed by atoms with Crippen LogP contribution >= 0.6 is 11.3 Å². The lowest BCUT2D eigenvalue weighted by Crippen LogP contribution is -2.47. The third-order valence-corrected chi connectivity index (χ3v) is 4.81. The fourth-order valence-corrected chi connectivity index (χ4v) is 3.87. The second-order valence-corrected chi connectivity index (χ2v) is 6.61. The van der Waals surface area contributed by atoms with Crippen molar-refractivity contribution in [3.05, 3.63) is 22.4 Å². The van der Waals surface area contributed by atoms with E-state index in [9.17, 15) is 0 Å². The van der Waals surface area contributed by atoms with E-state index < -0.39 is 0 Å². The van der Waals surface area contributed by atoms with Gasteiger partial charge in [0, 0.05) is 30.1 Å². The van der Waals surface area contributed by atoms with Crippen molar-refractivity contribution in [2.45, 2.75) is 39.3 Å². The molecule has 0 radical (unpaired) electrons. The van der Waals surface area contributed by atoms with Crippen LogP contribution < -0.4 is 5.73 Å². The Bertz CT molecular complexity index is 334. The molecule has 3 unspecified atom stereocenters. The van der Waals surface area contributed by atoms with Crippen LogP contribution in [0.15, 0.2) is 17.5 Å². The molecule has 0 saturated carbocycles. The van der Waals surface area contributed by atoms with Crippen molar-refractivity contribution < 1.29 is 0 Å². The largest absolute Gasteiger partial charge is 0.327 e. The van der Waals surface area contributed by atoms with Gasteiger partial charge in [0.05, 0.1) is 0 Å². The lowest BCUT2D eigenvalue weighted by molar-refractivity contribution is 0.0918. The fraction of sp³-hybridized carbons (Fsp3) is 0.714. The summed E-state index contributed by atoms with van der Waals surface area (Å²) < 4.78 is 0. The molecular weight excluding hydrogens is 228 g/mol. The SMILES string of the molecule is CC(C)C(c1cccs1)N1CCC(N)C(C)C1. The predicted molar refractivity (Wildman–Crippen MR) is 75.2 cm³/mol. The maximum Gasteiger partial charge on any atom is 0.0464 e. The molecule has 1 aliphatic rings. The maximum atomic E-state index is 6.11. The van der Waals surface area contributed by atoms with Crippen LogP contribution in [-0.4, -0.2) is 24.0 Å². The van der Waals surface area contributed by atoms with Crippen LogP contribution in [-0.2, 0) is 0 Å². The van der Waals surface area contributed by atoms with Crippen LogP contribution in [0.1, 0.15) is 38.1 Å². The van der Waals surface area contributed by atoms with Gasteiger partial charge in [-0.25, -0.2) is 0 Å². The van der Waals surface area contributed by atoms with Crippen LogP contribution in [0.3, 0.4) is 0 Å². The second-order valence-electron chi connectivity index (χ2n) is 5.63. The first-order valence-corrected chi connectivity index (χ1v) is 7.50. The predicted octanol–water partition coefficient (Wildman–Crippen LogP) is 3.11. The van der Waals surface area contributed by atoms with Gasteiger partial charge >= 0.3 is 0 Å². The molecule has 1 aromatic heterocycles. The fourth-order valence-electron chi connectivity index (χ4n) is 2.84. The molecule has 96 valence electrons. The lowest BCUT2D eigenvalue weighted by atomic mass is 9.91. The van der Waals surface area contributed by atoms with Gasteiger partial charge in [-0.1, -0.05) is 26.8 Å². The summed E-state index contributed by atoms with van der Waals surface area (Å²) in [6.45, 7) is 9.21. The molecule has 2 N–H and O–H groups in total. The van der Waals surface area contributed by atoms with E-state index in [0.717, 1.165) is 19.5 Å². The Labute approximate surface area is 109 Å². The Kier molecular flexibility index (Phi) is 4.23. The van der Waals surface area contributed by atoms with Gasteiger partial charge in [-0.05, 0) is 29.7 Å². The molecule has 2 rings (SSSR count). The summed E-state index contributed by atoms with van der Waals surface area (Å²) in [5, 5.41) is 2.18. The van der Waals surface area contributed by atoms with Gasteiger partial charge in [0.25, 0.3) is 0 Å². The molecule has 0 aliphatic carbocycles. The number of nitrogens with zero attached hydrogens (tertiary/aromatic N) is 1. The van der Waals surface area contributed by atoms with Crippen LogP contribution in [0.25, 0.3) is 0 Å². The molecule has 0 amide bonds. The molecule has 1 fully saturated rings. The van der Waals surface area contributed by atoms with Crippen molar-refractivity contribution >= 4 is 11.3 Å². The van der Waals surface area contributed by atoms with Crippen LogP contribution in [0.2, 0.25) is 0 Å². The van der Waals surface area contributed by atoms with Gasteiger partial charge in [0.2, 0.25) is 0 Å². The quantitative estimate of drug-likeness (QED) is 0.895. The van der Waals surface area contributed by atoms with Gasteiger partial charge < -0.3 is 5.73 Å². The molecule has 1 aliphatic heterocycles. The third-order valence-electron chi connectivity index (χ3n) is 3.86. The van der Waals surface area contributed by atoms with E-state index in [0.29, 0.717) is 23.9 Å². The normalized spacial score (nSPS) is 28.5. The van der Waals surface area contributed by atoms with Crippen molar-refractivity contribution in [2.75, 3.05) is 13.1 Å². The van der Waals surface area contributed by atoms with Crippen molar-refractivity contribution in [2.24, 2.45) is 17.6 Å². The van der Waals surface area contributed by atoms with E-state index >= 15 is 0 Å². The molecule has 2 nitrogen and oxygen atoms in total. The standard InChI is InChI=1S/C14H24N2S/c1-10(2)14(13-5-4-8-17-13)16-7-6-12(15)11(3)9-16/h4-5,8,10-12,14H,6-7,9,15H2,1-3H3. The molecule has 1 saturated heterocycles. The molecule has 3 atom stereocenters. The first kappa shape index (κ1) is 13.1. The summed E-state index contributed by atoms with van der Waals surface area (Å²) in [6.07, 6.45) is 1.13. The number of piperidine rings is 1. The summed E-state index contributed by atoms with van der Waals surface area (Å²) in [5.41, 5.74) is 6.11. The van der Waals surface area contributed by atoms with Gasteiger partial charge in [0.15, 0.2) is 0 Å². The minimum atomic E-state index is 0.391. The Hall–Kier alpha value is -0.380. The van der Waals surface area contributed by atoms with Crippen molar-refractivity contribution in [1.82, 2.24) is 4.90 Å². The van der Waals surface area contributed by atoms with Gasteiger partial charge in [0.1, 0.15) is 0 Å². The van der Waals surface area contributed by atoms with E-state index in [4.69, 9.17) is 5.73 Å². The second kappa shape index (κ2) is 5.51. The number of likely N-dealkylation sites (tertiary alicyclic amines) is 1. The third kappa shape index (κ3) is 2.90. The Balaban J connectivity index is 2.12. The zero-order chi connectivity index (χ0) is 12.4. The Morgan fingerprint density at radius 3 is 2.76 bits per heavy atom. The average Bonchev–Trinajstić information content (AvgIpc) is 2.76. The summed E-state index contributed by atoms with van der Waals surface area (Å²) in [5.74, 6) is 1.28. The number of nitrogens with two attached hydrogens (primary N) is 1. The molecule has 0 bridgehead atoms. The highest BCUT2D eigenvalue weighted by Crippen LogP contribution is 2.34. The van der Waals surface area contributed by atoms with E-state index in [1.54, 1.807) is 0 Å². The summed E-state index contributed by atoms with van der Waals surface area (Å²) >= 11 is 1.88. The van der Waals surface area contributed by atoms with Gasteiger partial charge in [-0.15, -0.1) is 11.3 Å². The first-order chi connectivity index (χ1) is 8.09. The van der Waals surface area contributed by atoms with Crippen molar-refractivity contribution in [3.63, 3.8) is 0 Å². The topological polar surface area (TPSA) is 29.3 Å². The van der Waals surface area contributed by atoms with E-state index in [1.807, 2.05) is 11.3 Å². The minimum Gasteiger partial charge on any atom is -0.327 e. The highest BCUT2D eigenvalue weighted by Gasteiger charge is 2.30. The minimum absolute atomic E-state index is 0.391. The van der Waals surface area contributed by atoms with Crippen molar-refractivity contribution in [1.29, 1.82) is 0 Å². The molecular formula is C14H24N2S. The zero-order valence-electron chi connectivity index (χ0n) is 11.1. The van der Waals surface area contributed by atoms with E-state index in [2.05, 4.69) is 43.2 Å². The van der Waals surface area contributed by atoms with Crippen LogP contribution in [0.5, 0.6) is 0 Å². The van der Waals surface area contributed by atoms with Crippen LogP contribution in [0, 0.1) is 11.8 Å². The molecule has 3 heteroatoms. The molecule has 17 heavy (non-hydrogen) atoms. The Morgan fingerprint density at radius 2 is 2.24 bits per heavy atom. The summed E-state index contributed by atoms with van der Waals surface area (Å²) in [6, 6.07) is 5.40. The molecule has 0 spiro atoms. The summed E-state index contributed by atoms with van der Waals surface area (Å²) in [7, 11) is 0. The highest BCUT2D eigenvalue weighted by molar-refractivity contribution is 7.10. The number of hydrogen-bond acceptors (Lipinski definition) is 3. The summed E-state index contributed by atoms with van der Waals surface area (Å²) in [4.78, 5) is 4.13. The highest BCUT2D eigenvalue weighted by atomic mass is 32.1. The zero-order valence-corrected chi connectivity index (χ0v) is 11.9. The number of thiophene rings is 1. The van der Waals surface area contributed by atoms with E-state index in [1.165, 1.54) is 4.88 Å². The monoisotopic (exact) mass is 252 g/mol. The maximum absolute atomic E-state index is 6.11. The van der Waals surface area contributed by atoms with Gasteiger partial charge in [-0.3, -0.25) is 4.90 Å². The van der Waals surface area contributed by atoms with Crippen LogP contribution in [0.4, 0.5) is 0 Å². The smallest absolute Gasteiger partial charge is 0.0464 e. The lowest BCUT2D eigenvalue weighted by Gasteiger charge is -2.41. The number of rotatable bonds is 3. The first-order valence-electron chi connectivity index (χ1n) is 6.62.